The third-order valence-corrected chi connectivity index (χ3v) is 3.60. The van der Waals surface area contributed by atoms with Crippen molar-refractivity contribution in [1.29, 1.82) is 0 Å². The molecular weight excluding hydrogens is 222 g/mol. The van der Waals surface area contributed by atoms with Crippen molar-refractivity contribution >= 4 is 0 Å². The summed E-state index contributed by atoms with van der Waals surface area (Å²) < 4.78 is 5.30. The van der Waals surface area contributed by atoms with Gasteiger partial charge in [0.25, 0.3) is 0 Å². The van der Waals surface area contributed by atoms with E-state index in [4.69, 9.17) is 4.74 Å². The average molecular weight is 245 g/mol. The van der Waals surface area contributed by atoms with Crippen LogP contribution in [0.25, 0.3) is 0 Å². The largest absolute Gasteiger partial charge is 0.497 e. The van der Waals surface area contributed by atoms with Gasteiger partial charge in [0, 0.05) is 6.04 Å². The van der Waals surface area contributed by atoms with E-state index >= 15 is 0 Å². The van der Waals surface area contributed by atoms with Crippen molar-refractivity contribution in [3.63, 3.8) is 0 Å². The SMILES string of the molecule is C/C=C/CCNC1CCCc2cc(OC)ccc21. The summed E-state index contributed by atoms with van der Waals surface area (Å²) in [7, 11) is 1.73. The van der Waals surface area contributed by atoms with E-state index < -0.39 is 0 Å². The fourth-order valence-corrected chi connectivity index (χ4v) is 2.64. The lowest BCUT2D eigenvalue weighted by molar-refractivity contribution is 0.411. The number of aryl methyl sites for hydroxylation is 1. The first-order valence-corrected chi connectivity index (χ1v) is 6.86. The maximum atomic E-state index is 5.30. The third kappa shape index (κ3) is 3.14. The number of fused-ring (bicyclic) bond motifs is 1. The highest BCUT2D eigenvalue weighted by molar-refractivity contribution is 5.39. The van der Waals surface area contributed by atoms with Gasteiger partial charge in [0.05, 0.1) is 7.11 Å². The minimum Gasteiger partial charge on any atom is -0.497 e. The Labute approximate surface area is 110 Å². The number of nitrogens with one attached hydrogen (secondary N) is 1. The Morgan fingerprint density at radius 3 is 3.11 bits per heavy atom. The zero-order valence-corrected chi connectivity index (χ0v) is 11.4. The van der Waals surface area contributed by atoms with Crippen LogP contribution in [0.15, 0.2) is 30.4 Å². The number of ether oxygens (including phenoxy) is 1. The quantitative estimate of drug-likeness (QED) is 0.632. The Hall–Kier alpha value is -1.28. The summed E-state index contributed by atoms with van der Waals surface area (Å²) in [4.78, 5) is 0. The van der Waals surface area contributed by atoms with Crippen LogP contribution in [-0.2, 0) is 6.42 Å². The number of hydrogen-bond acceptors (Lipinski definition) is 2. The molecule has 1 aliphatic rings. The molecule has 0 bridgehead atoms. The summed E-state index contributed by atoms with van der Waals surface area (Å²) in [6, 6.07) is 7.01. The van der Waals surface area contributed by atoms with Crippen molar-refractivity contribution in [2.24, 2.45) is 0 Å². The summed E-state index contributed by atoms with van der Waals surface area (Å²) in [5.41, 5.74) is 2.91. The normalized spacial score (nSPS) is 18.9. The lowest BCUT2D eigenvalue weighted by atomic mass is 9.87. The van der Waals surface area contributed by atoms with Crippen molar-refractivity contribution in [1.82, 2.24) is 5.32 Å². The van der Waals surface area contributed by atoms with Crippen LogP contribution in [-0.4, -0.2) is 13.7 Å². The molecule has 18 heavy (non-hydrogen) atoms. The predicted octanol–water partition coefficient (Wildman–Crippen LogP) is 3.63. The van der Waals surface area contributed by atoms with Crippen LogP contribution < -0.4 is 10.1 Å². The zero-order valence-electron chi connectivity index (χ0n) is 11.4. The molecule has 1 N–H and O–H groups in total. The molecule has 2 heteroatoms. The first kappa shape index (κ1) is 13.2. The van der Waals surface area contributed by atoms with E-state index in [9.17, 15) is 0 Å². The average Bonchev–Trinajstić information content (AvgIpc) is 2.43. The molecule has 0 saturated carbocycles. The second-order valence-corrected chi connectivity index (χ2v) is 4.82. The van der Waals surface area contributed by atoms with E-state index in [1.54, 1.807) is 7.11 Å². The van der Waals surface area contributed by atoms with Crippen LogP contribution in [0.4, 0.5) is 0 Å². The van der Waals surface area contributed by atoms with Gasteiger partial charge in [-0.1, -0.05) is 18.2 Å². The van der Waals surface area contributed by atoms with Gasteiger partial charge in [-0.2, -0.15) is 0 Å². The van der Waals surface area contributed by atoms with E-state index in [0.717, 1.165) is 18.7 Å². The van der Waals surface area contributed by atoms with Crippen LogP contribution in [0, 0.1) is 0 Å². The van der Waals surface area contributed by atoms with Crippen molar-refractivity contribution in [3.8, 4) is 5.75 Å². The molecule has 0 aromatic heterocycles. The lowest BCUT2D eigenvalue weighted by Gasteiger charge is -2.26. The number of benzene rings is 1. The summed E-state index contributed by atoms with van der Waals surface area (Å²) >= 11 is 0. The first-order chi connectivity index (χ1) is 8.85. The molecule has 0 radical (unpaired) electrons. The monoisotopic (exact) mass is 245 g/mol. The molecule has 0 amide bonds. The molecule has 0 fully saturated rings. The number of allylic oxidation sites excluding steroid dienone is 1. The molecule has 0 spiro atoms. The van der Waals surface area contributed by atoms with E-state index in [1.165, 1.54) is 30.4 Å². The second kappa shape index (κ2) is 6.60. The molecule has 2 nitrogen and oxygen atoms in total. The standard InChI is InChI=1S/C16H23NO/c1-3-4-5-11-17-16-8-6-7-13-12-14(18-2)9-10-15(13)16/h3-4,9-10,12,16-17H,5-8,11H2,1-2H3/b4-3+. The second-order valence-electron chi connectivity index (χ2n) is 4.82. The molecule has 0 saturated heterocycles. The molecule has 2 rings (SSSR count). The fourth-order valence-electron chi connectivity index (χ4n) is 2.64. The topological polar surface area (TPSA) is 21.3 Å². The van der Waals surface area contributed by atoms with Crippen molar-refractivity contribution in [2.45, 2.75) is 38.6 Å². The number of hydrogen-bond donors (Lipinski definition) is 1. The maximum Gasteiger partial charge on any atom is 0.119 e. The van der Waals surface area contributed by atoms with Gasteiger partial charge < -0.3 is 10.1 Å². The summed E-state index contributed by atoms with van der Waals surface area (Å²) in [6.45, 7) is 3.13. The fraction of sp³-hybridized carbons (Fsp3) is 0.500. The molecule has 98 valence electrons. The van der Waals surface area contributed by atoms with Gasteiger partial charge in [-0.25, -0.2) is 0 Å². The van der Waals surface area contributed by atoms with Gasteiger partial charge in [0.15, 0.2) is 0 Å². The smallest absolute Gasteiger partial charge is 0.119 e. The van der Waals surface area contributed by atoms with Crippen molar-refractivity contribution in [3.05, 3.63) is 41.5 Å². The van der Waals surface area contributed by atoms with E-state index in [2.05, 4.69) is 42.6 Å². The summed E-state index contributed by atoms with van der Waals surface area (Å²) in [5.74, 6) is 0.975. The molecule has 1 unspecified atom stereocenters. The molecule has 0 heterocycles. The highest BCUT2D eigenvalue weighted by Gasteiger charge is 2.19. The van der Waals surface area contributed by atoms with Crippen molar-refractivity contribution in [2.75, 3.05) is 13.7 Å². The van der Waals surface area contributed by atoms with Crippen LogP contribution >= 0.6 is 0 Å². The van der Waals surface area contributed by atoms with Crippen LogP contribution in [0.2, 0.25) is 0 Å². The minimum absolute atomic E-state index is 0.518. The highest BCUT2D eigenvalue weighted by atomic mass is 16.5. The number of rotatable bonds is 5. The van der Waals surface area contributed by atoms with Gasteiger partial charge >= 0.3 is 0 Å². The van der Waals surface area contributed by atoms with Gasteiger partial charge in [0.1, 0.15) is 5.75 Å². The van der Waals surface area contributed by atoms with E-state index in [1.807, 2.05) is 0 Å². The molecule has 1 atom stereocenters. The van der Waals surface area contributed by atoms with E-state index in [0.29, 0.717) is 6.04 Å². The van der Waals surface area contributed by atoms with Gasteiger partial charge in [-0.15, -0.1) is 0 Å². The molecule has 1 aliphatic carbocycles. The highest BCUT2D eigenvalue weighted by Crippen LogP contribution is 2.32. The lowest BCUT2D eigenvalue weighted by Crippen LogP contribution is -2.25. The Morgan fingerprint density at radius 1 is 1.44 bits per heavy atom. The zero-order chi connectivity index (χ0) is 12.8. The predicted molar refractivity (Wildman–Crippen MR) is 76.1 cm³/mol. The molecular formula is C16H23NO. The van der Waals surface area contributed by atoms with Crippen LogP contribution in [0.3, 0.4) is 0 Å². The molecule has 1 aromatic rings. The Bertz CT molecular complexity index is 412. The first-order valence-electron chi connectivity index (χ1n) is 6.86. The van der Waals surface area contributed by atoms with Gasteiger partial charge in [-0.05, 0) is 62.4 Å². The molecule has 1 aromatic carbocycles. The Kier molecular flexibility index (Phi) is 4.82. The Balaban J connectivity index is 2.03. The van der Waals surface area contributed by atoms with E-state index in [-0.39, 0.29) is 0 Å². The Morgan fingerprint density at radius 2 is 2.33 bits per heavy atom. The van der Waals surface area contributed by atoms with Crippen LogP contribution in [0.5, 0.6) is 5.75 Å². The van der Waals surface area contributed by atoms with Gasteiger partial charge in [-0.3, -0.25) is 0 Å². The van der Waals surface area contributed by atoms with Gasteiger partial charge in [0.2, 0.25) is 0 Å². The van der Waals surface area contributed by atoms with Crippen LogP contribution in [0.1, 0.15) is 43.4 Å². The summed E-state index contributed by atoms with van der Waals surface area (Å²) in [5, 5.41) is 3.66. The number of methoxy groups -OCH3 is 1. The summed E-state index contributed by atoms with van der Waals surface area (Å²) in [6.07, 6.45) is 9.13. The molecule has 0 aliphatic heterocycles. The maximum absolute atomic E-state index is 5.30. The third-order valence-electron chi connectivity index (χ3n) is 3.60. The van der Waals surface area contributed by atoms with Crippen molar-refractivity contribution < 1.29 is 4.74 Å². The minimum atomic E-state index is 0.518.